The Bertz CT molecular complexity index is 614. The Morgan fingerprint density at radius 2 is 2.06 bits per heavy atom. The molecule has 1 aromatic heterocycles. The van der Waals surface area contributed by atoms with Crippen molar-refractivity contribution in [2.24, 2.45) is 5.92 Å². The van der Waals surface area contributed by atoms with Gasteiger partial charge in [-0.2, -0.15) is 0 Å². The Kier molecular flexibility index (Phi) is 4.27. The van der Waals surface area contributed by atoms with Gasteiger partial charge in [0.25, 0.3) is 0 Å². The molecular formula is C15H16ClNS. The molecule has 1 aliphatic carbocycles. The SMILES string of the molecule is CC.Cc1nc2c(C#CC3CC3)cc(Cl)cc2s1. The zero-order valence-corrected chi connectivity index (χ0v) is 12.5. The third-order valence-electron chi connectivity index (χ3n) is 2.55. The molecule has 1 fully saturated rings. The minimum absolute atomic E-state index is 0.605. The molecule has 0 unspecified atom stereocenters. The summed E-state index contributed by atoms with van der Waals surface area (Å²) in [6.07, 6.45) is 2.49. The maximum Gasteiger partial charge on any atom is 0.0972 e. The van der Waals surface area contributed by atoms with E-state index >= 15 is 0 Å². The largest absolute Gasteiger partial charge is 0.240 e. The van der Waals surface area contributed by atoms with E-state index in [4.69, 9.17) is 11.6 Å². The van der Waals surface area contributed by atoms with Gasteiger partial charge in [0, 0.05) is 10.9 Å². The zero-order chi connectivity index (χ0) is 13.1. The highest BCUT2D eigenvalue weighted by Gasteiger charge is 2.18. The molecule has 0 aliphatic heterocycles. The van der Waals surface area contributed by atoms with Crippen LogP contribution in [-0.2, 0) is 0 Å². The van der Waals surface area contributed by atoms with Crippen molar-refractivity contribution in [2.75, 3.05) is 0 Å². The first-order valence-electron chi connectivity index (χ1n) is 6.30. The summed E-state index contributed by atoms with van der Waals surface area (Å²) < 4.78 is 1.13. The highest BCUT2D eigenvalue weighted by molar-refractivity contribution is 7.18. The van der Waals surface area contributed by atoms with Crippen molar-refractivity contribution in [1.82, 2.24) is 4.98 Å². The molecule has 2 aromatic rings. The van der Waals surface area contributed by atoms with Crippen LogP contribution in [-0.4, -0.2) is 4.98 Å². The molecule has 0 saturated heterocycles. The van der Waals surface area contributed by atoms with E-state index in [0.717, 1.165) is 25.8 Å². The molecule has 0 atom stereocenters. The van der Waals surface area contributed by atoms with E-state index in [1.54, 1.807) is 11.3 Å². The fourth-order valence-corrected chi connectivity index (χ4v) is 2.79. The van der Waals surface area contributed by atoms with Crippen LogP contribution in [0.2, 0.25) is 5.02 Å². The van der Waals surface area contributed by atoms with Crippen LogP contribution in [0.5, 0.6) is 0 Å². The zero-order valence-electron chi connectivity index (χ0n) is 10.9. The third kappa shape index (κ3) is 3.04. The average molecular weight is 278 g/mol. The van der Waals surface area contributed by atoms with E-state index in [9.17, 15) is 0 Å². The van der Waals surface area contributed by atoms with Gasteiger partial charge in [0.05, 0.1) is 20.8 Å². The second kappa shape index (κ2) is 5.73. The number of thiazole rings is 1. The van der Waals surface area contributed by atoms with Gasteiger partial charge in [-0.3, -0.25) is 0 Å². The monoisotopic (exact) mass is 277 g/mol. The molecule has 18 heavy (non-hydrogen) atoms. The number of hydrogen-bond donors (Lipinski definition) is 0. The molecule has 1 aliphatic rings. The number of nitrogens with zero attached hydrogens (tertiary/aromatic N) is 1. The van der Waals surface area contributed by atoms with Gasteiger partial charge in [-0.1, -0.05) is 37.3 Å². The summed E-state index contributed by atoms with van der Waals surface area (Å²) in [5.74, 6) is 7.08. The fraction of sp³-hybridized carbons (Fsp3) is 0.400. The van der Waals surface area contributed by atoms with Gasteiger partial charge in [0.15, 0.2) is 0 Å². The molecular weight excluding hydrogens is 262 g/mol. The Labute approximate surface area is 117 Å². The summed E-state index contributed by atoms with van der Waals surface area (Å²) >= 11 is 7.74. The highest BCUT2D eigenvalue weighted by Crippen LogP contribution is 2.30. The van der Waals surface area contributed by atoms with Gasteiger partial charge in [-0.25, -0.2) is 4.98 Å². The Morgan fingerprint density at radius 3 is 2.72 bits per heavy atom. The first-order valence-corrected chi connectivity index (χ1v) is 7.50. The van der Waals surface area contributed by atoms with E-state index in [-0.39, 0.29) is 0 Å². The van der Waals surface area contributed by atoms with Crippen molar-refractivity contribution in [1.29, 1.82) is 0 Å². The maximum absolute atomic E-state index is 6.08. The molecule has 1 saturated carbocycles. The molecule has 1 nitrogen and oxygen atoms in total. The van der Waals surface area contributed by atoms with Gasteiger partial charge in [-0.15, -0.1) is 11.3 Å². The van der Waals surface area contributed by atoms with Crippen LogP contribution in [0.25, 0.3) is 10.2 Å². The van der Waals surface area contributed by atoms with E-state index in [0.29, 0.717) is 5.92 Å². The lowest BCUT2D eigenvalue weighted by molar-refractivity contribution is 1.18. The predicted molar refractivity (Wildman–Crippen MR) is 80.3 cm³/mol. The van der Waals surface area contributed by atoms with Crippen molar-refractivity contribution < 1.29 is 0 Å². The van der Waals surface area contributed by atoms with Gasteiger partial charge >= 0.3 is 0 Å². The van der Waals surface area contributed by atoms with Crippen LogP contribution in [0.15, 0.2) is 12.1 Å². The molecule has 1 aromatic carbocycles. The number of benzene rings is 1. The first-order chi connectivity index (χ1) is 8.72. The number of rotatable bonds is 0. The van der Waals surface area contributed by atoms with Gasteiger partial charge < -0.3 is 0 Å². The third-order valence-corrected chi connectivity index (χ3v) is 3.69. The molecule has 0 N–H and O–H groups in total. The average Bonchev–Trinajstić information content (AvgIpc) is 3.10. The smallest absolute Gasteiger partial charge is 0.0972 e. The van der Waals surface area contributed by atoms with Crippen LogP contribution in [0.4, 0.5) is 0 Å². The Hall–Kier alpha value is -1.04. The second-order valence-electron chi connectivity index (χ2n) is 4.08. The number of fused-ring (bicyclic) bond motifs is 1. The lowest BCUT2D eigenvalue weighted by Crippen LogP contribution is -1.80. The van der Waals surface area contributed by atoms with E-state index in [2.05, 4.69) is 16.8 Å². The normalized spacial score (nSPS) is 13.6. The van der Waals surface area contributed by atoms with Crippen LogP contribution in [0, 0.1) is 24.7 Å². The highest BCUT2D eigenvalue weighted by atomic mass is 35.5. The van der Waals surface area contributed by atoms with Crippen molar-refractivity contribution in [3.8, 4) is 11.8 Å². The molecule has 94 valence electrons. The van der Waals surface area contributed by atoms with E-state index in [1.165, 1.54) is 12.8 Å². The summed E-state index contributed by atoms with van der Waals surface area (Å²) in [5, 5.41) is 1.81. The molecule has 3 rings (SSSR count). The number of halogens is 1. The summed E-state index contributed by atoms with van der Waals surface area (Å²) in [6, 6.07) is 3.88. The molecule has 0 amide bonds. The summed E-state index contributed by atoms with van der Waals surface area (Å²) in [4.78, 5) is 4.51. The molecule has 3 heteroatoms. The quantitative estimate of drug-likeness (QED) is 0.614. The van der Waals surface area contributed by atoms with Crippen LogP contribution >= 0.6 is 22.9 Å². The minimum atomic E-state index is 0.605. The summed E-state index contributed by atoms with van der Waals surface area (Å²) in [5.41, 5.74) is 1.97. The molecule has 1 heterocycles. The van der Waals surface area contributed by atoms with Gasteiger partial charge in [0.2, 0.25) is 0 Å². The number of aryl methyl sites for hydroxylation is 1. The van der Waals surface area contributed by atoms with E-state index < -0.39 is 0 Å². The standard InChI is InChI=1S/C13H10ClNS.C2H6/c1-8-15-13-10(5-4-9-2-3-9)6-11(14)7-12(13)16-8;1-2/h6-7,9H,2-3H2,1H3;1-2H3. The van der Waals surface area contributed by atoms with E-state index in [1.807, 2.05) is 32.9 Å². The van der Waals surface area contributed by atoms with Crippen molar-refractivity contribution >= 4 is 33.2 Å². The molecule has 0 spiro atoms. The fourth-order valence-electron chi connectivity index (χ4n) is 1.61. The van der Waals surface area contributed by atoms with Crippen molar-refractivity contribution in [3.05, 3.63) is 27.7 Å². The van der Waals surface area contributed by atoms with Crippen LogP contribution in [0.3, 0.4) is 0 Å². The van der Waals surface area contributed by atoms with Crippen LogP contribution < -0.4 is 0 Å². The summed E-state index contributed by atoms with van der Waals surface area (Å²) in [6.45, 7) is 6.01. The number of hydrogen-bond acceptors (Lipinski definition) is 2. The topological polar surface area (TPSA) is 12.9 Å². The number of aromatic nitrogens is 1. The second-order valence-corrected chi connectivity index (χ2v) is 5.75. The van der Waals surface area contributed by atoms with Crippen LogP contribution in [0.1, 0.15) is 37.3 Å². The molecule has 0 radical (unpaired) electrons. The molecule has 0 bridgehead atoms. The van der Waals surface area contributed by atoms with Gasteiger partial charge in [-0.05, 0) is 31.9 Å². The van der Waals surface area contributed by atoms with Crippen molar-refractivity contribution in [2.45, 2.75) is 33.6 Å². The lowest BCUT2D eigenvalue weighted by atomic mass is 10.2. The minimum Gasteiger partial charge on any atom is -0.240 e. The summed E-state index contributed by atoms with van der Waals surface area (Å²) in [7, 11) is 0. The lowest BCUT2D eigenvalue weighted by Gasteiger charge is -1.94. The first kappa shape index (κ1) is 13.4. The Morgan fingerprint density at radius 1 is 1.33 bits per heavy atom. The Balaban J connectivity index is 0.000000574. The van der Waals surface area contributed by atoms with Crippen molar-refractivity contribution in [3.63, 3.8) is 0 Å². The maximum atomic E-state index is 6.08. The predicted octanol–water partition coefficient (Wildman–Crippen LogP) is 5.05. The van der Waals surface area contributed by atoms with Gasteiger partial charge in [0.1, 0.15) is 0 Å².